The summed E-state index contributed by atoms with van der Waals surface area (Å²) in [6.07, 6.45) is 2.93. The van der Waals surface area contributed by atoms with Crippen LogP contribution >= 0.6 is 0 Å². The molecule has 1 saturated heterocycles. The molecule has 116 valence electrons. The van der Waals surface area contributed by atoms with Gasteiger partial charge in [-0.05, 0) is 37.0 Å². The zero-order valence-corrected chi connectivity index (χ0v) is 12.6. The summed E-state index contributed by atoms with van der Waals surface area (Å²) >= 11 is 0. The molecule has 2 N–H and O–H groups in total. The van der Waals surface area contributed by atoms with Crippen molar-refractivity contribution in [2.45, 2.75) is 44.7 Å². The maximum absolute atomic E-state index is 14.0. The van der Waals surface area contributed by atoms with E-state index in [4.69, 9.17) is 10.5 Å². The first-order valence-corrected chi connectivity index (χ1v) is 7.47. The van der Waals surface area contributed by atoms with E-state index < -0.39 is 5.82 Å². The predicted molar refractivity (Wildman–Crippen MR) is 79.5 cm³/mol. The Hall–Kier alpha value is -1.62. The van der Waals surface area contributed by atoms with Crippen LogP contribution in [0.1, 0.15) is 44.2 Å². The van der Waals surface area contributed by atoms with Gasteiger partial charge in [-0.3, -0.25) is 4.79 Å². The molecule has 1 aromatic rings. The molecule has 0 bridgehead atoms. The van der Waals surface area contributed by atoms with Gasteiger partial charge < -0.3 is 15.4 Å². The van der Waals surface area contributed by atoms with Crippen molar-refractivity contribution in [2.24, 2.45) is 5.73 Å². The molecule has 2 unspecified atom stereocenters. The average molecular weight is 294 g/mol. The standard InChI is InChI=1S/C16H23FN2O2/c1-3-9-19-15(20)6-4-5-13(18)16(19)11-7-8-14(21-2)12(17)10-11/h7-8,10,13,16H,3-6,9,18H2,1-2H3. The van der Waals surface area contributed by atoms with Crippen LogP contribution in [0, 0.1) is 5.82 Å². The fourth-order valence-electron chi connectivity index (χ4n) is 2.98. The highest BCUT2D eigenvalue weighted by atomic mass is 19.1. The first-order chi connectivity index (χ1) is 10.1. The van der Waals surface area contributed by atoms with Gasteiger partial charge in [0.05, 0.1) is 13.2 Å². The van der Waals surface area contributed by atoms with Gasteiger partial charge in [-0.2, -0.15) is 0 Å². The molecule has 1 aromatic carbocycles. The van der Waals surface area contributed by atoms with E-state index in [-0.39, 0.29) is 23.7 Å². The van der Waals surface area contributed by atoms with Crippen molar-refractivity contribution in [1.29, 1.82) is 0 Å². The molecule has 1 aliphatic heterocycles. The summed E-state index contributed by atoms with van der Waals surface area (Å²) in [6, 6.07) is 4.39. The molecular formula is C16H23FN2O2. The molecule has 1 fully saturated rings. The number of amides is 1. The molecule has 1 amide bonds. The molecular weight excluding hydrogens is 271 g/mol. The van der Waals surface area contributed by atoms with E-state index in [0.717, 1.165) is 24.8 Å². The minimum atomic E-state index is -0.421. The van der Waals surface area contributed by atoms with E-state index in [1.165, 1.54) is 13.2 Å². The van der Waals surface area contributed by atoms with Crippen LogP contribution in [0.5, 0.6) is 5.75 Å². The Morgan fingerprint density at radius 3 is 2.86 bits per heavy atom. The van der Waals surface area contributed by atoms with Crippen molar-refractivity contribution in [3.8, 4) is 5.75 Å². The Kier molecular flexibility index (Phi) is 5.17. The number of likely N-dealkylation sites (tertiary alicyclic amines) is 1. The summed E-state index contributed by atoms with van der Waals surface area (Å²) in [5.74, 6) is -0.115. The number of methoxy groups -OCH3 is 1. The molecule has 1 heterocycles. The molecule has 0 radical (unpaired) electrons. The van der Waals surface area contributed by atoms with E-state index in [9.17, 15) is 9.18 Å². The van der Waals surface area contributed by atoms with E-state index in [1.807, 2.05) is 6.92 Å². The summed E-state index contributed by atoms with van der Waals surface area (Å²) in [5.41, 5.74) is 7.01. The fraction of sp³-hybridized carbons (Fsp3) is 0.562. The Labute approximate surface area is 125 Å². The summed E-state index contributed by atoms with van der Waals surface area (Å²) < 4.78 is 18.9. The number of hydrogen-bond acceptors (Lipinski definition) is 3. The molecule has 2 atom stereocenters. The Morgan fingerprint density at radius 1 is 1.48 bits per heavy atom. The van der Waals surface area contributed by atoms with Crippen LogP contribution in [0.4, 0.5) is 4.39 Å². The second-order valence-corrected chi connectivity index (χ2v) is 5.48. The zero-order chi connectivity index (χ0) is 15.4. The predicted octanol–water partition coefficient (Wildman–Crippen LogP) is 2.63. The monoisotopic (exact) mass is 294 g/mol. The number of carbonyl (C=O) groups is 1. The normalized spacial score (nSPS) is 23.0. The summed E-state index contributed by atoms with van der Waals surface area (Å²) in [5, 5.41) is 0. The van der Waals surface area contributed by atoms with Crippen molar-refractivity contribution in [1.82, 2.24) is 4.90 Å². The van der Waals surface area contributed by atoms with Crippen LogP contribution in [0.15, 0.2) is 18.2 Å². The van der Waals surface area contributed by atoms with Crippen molar-refractivity contribution < 1.29 is 13.9 Å². The molecule has 0 saturated carbocycles. The molecule has 4 nitrogen and oxygen atoms in total. The lowest BCUT2D eigenvalue weighted by molar-refractivity contribution is -0.133. The number of nitrogens with two attached hydrogens (primary N) is 1. The third kappa shape index (κ3) is 3.35. The number of nitrogens with zero attached hydrogens (tertiary/aromatic N) is 1. The quantitative estimate of drug-likeness (QED) is 0.928. The molecule has 2 rings (SSSR count). The second-order valence-electron chi connectivity index (χ2n) is 5.48. The fourth-order valence-corrected chi connectivity index (χ4v) is 2.98. The molecule has 1 aliphatic rings. The largest absolute Gasteiger partial charge is 0.494 e. The smallest absolute Gasteiger partial charge is 0.223 e. The van der Waals surface area contributed by atoms with Crippen molar-refractivity contribution >= 4 is 5.91 Å². The van der Waals surface area contributed by atoms with Crippen LogP contribution in [0.3, 0.4) is 0 Å². The molecule has 0 aliphatic carbocycles. The zero-order valence-electron chi connectivity index (χ0n) is 12.6. The highest BCUT2D eigenvalue weighted by molar-refractivity contribution is 5.77. The average Bonchev–Trinajstić information content (AvgIpc) is 2.59. The van der Waals surface area contributed by atoms with Gasteiger partial charge in [0, 0.05) is 19.0 Å². The Morgan fingerprint density at radius 2 is 2.24 bits per heavy atom. The third-order valence-corrected chi connectivity index (χ3v) is 3.97. The molecule has 21 heavy (non-hydrogen) atoms. The van der Waals surface area contributed by atoms with Gasteiger partial charge in [0.15, 0.2) is 11.6 Å². The SMILES string of the molecule is CCCN1C(=O)CCCC(N)C1c1ccc(OC)c(F)c1. The lowest BCUT2D eigenvalue weighted by Crippen LogP contribution is -2.42. The molecule has 0 aromatic heterocycles. The second kappa shape index (κ2) is 6.89. The first-order valence-electron chi connectivity index (χ1n) is 7.47. The summed E-state index contributed by atoms with van der Waals surface area (Å²) in [7, 11) is 1.43. The lowest BCUT2D eigenvalue weighted by atomic mass is 9.96. The van der Waals surface area contributed by atoms with Gasteiger partial charge >= 0.3 is 0 Å². The number of benzene rings is 1. The number of rotatable bonds is 4. The van der Waals surface area contributed by atoms with Gasteiger partial charge in [-0.1, -0.05) is 13.0 Å². The summed E-state index contributed by atoms with van der Waals surface area (Å²) in [4.78, 5) is 14.1. The topological polar surface area (TPSA) is 55.6 Å². The van der Waals surface area contributed by atoms with Crippen LogP contribution in [0.2, 0.25) is 0 Å². The van der Waals surface area contributed by atoms with Gasteiger partial charge in [0.1, 0.15) is 0 Å². The van der Waals surface area contributed by atoms with E-state index in [1.54, 1.807) is 17.0 Å². The van der Waals surface area contributed by atoms with Crippen molar-refractivity contribution in [2.75, 3.05) is 13.7 Å². The van der Waals surface area contributed by atoms with Crippen LogP contribution in [-0.2, 0) is 4.79 Å². The van der Waals surface area contributed by atoms with Crippen molar-refractivity contribution in [3.63, 3.8) is 0 Å². The third-order valence-electron chi connectivity index (χ3n) is 3.97. The number of carbonyl (C=O) groups excluding carboxylic acids is 1. The van der Waals surface area contributed by atoms with E-state index in [0.29, 0.717) is 13.0 Å². The van der Waals surface area contributed by atoms with Crippen LogP contribution in [0.25, 0.3) is 0 Å². The summed E-state index contributed by atoms with van der Waals surface area (Å²) in [6.45, 7) is 2.67. The first kappa shape index (κ1) is 15.8. The minimum absolute atomic E-state index is 0.103. The van der Waals surface area contributed by atoms with Gasteiger partial charge in [0.2, 0.25) is 5.91 Å². The Bertz CT molecular complexity index is 507. The minimum Gasteiger partial charge on any atom is -0.494 e. The molecule has 0 spiro atoms. The maximum Gasteiger partial charge on any atom is 0.223 e. The van der Waals surface area contributed by atoms with E-state index >= 15 is 0 Å². The van der Waals surface area contributed by atoms with Gasteiger partial charge in [-0.25, -0.2) is 4.39 Å². The number of ether oxygens (including phenoxy) is 1. The van der Waals surface area contributed by atoms with E-state index in [2.05, 4.69) is 0 Å². The van der Waals surface area contributed by atoms with Gasteiger partial charge in [0.25, 0.3) is 0 Å². The number of hydrogen-bond donors (Lipinski definition) is 1. The Balaban J connectivity index is 2.39. The highest BCUT2D eigenvalue weighted by Gasteiger charge is 2.32. The van der Waals surface area contributed by atoms with Crippen molar-refractivity contribution in [3.05, 3.63) is 29.6 Å². The lowest BCUT2D eigenvalue weighted by Gasteiger charge is -2.34. The highest BCUT2D eigenvalue weighted by Crippen LogP contribution is 2.32. The maximum atomic E-state index is 14.0. The number of halogens is 1. The molecule has 5 heteroatoms. The van der Waals surface area contributed by atoms with Gasteiger partial charge in [-0.15, -0.1) is 0 Å². The van der Waals surface area contributed by atoms with Crippen LogP contribution < -0.4 is 10.5 Å². The van der Waals surface area contributed by atoms with Crippen LogP contribution in [-0.4, -0.2) is 30.5 Å².